The molecule has 1 amide bonds. The summed E-state index contributed by atoms with van der Waals surface area (Å²) < 4.78 is 7.56. The largest absolute Gasteiger partial charge is 0.458 e. The molecule has 130 valence electrons. The van der Waals surface area contributed by atoms with E-state index >= 15 is 0 Å². The molecule has 0 atom stereocenters. The summed E-state index contributed by atoms with van der Waals surface area (Å²) in [5.41, 5.74) is 1.83. The fourth-order valence-electron chi connectivity index (χ4n) is 2.72. The maximum Gasteiger partial charge on any atom is 0.330 e. The third-order valence-electron chi connectivity index (χ3n) is 4.10. The van der Waals surface area contributed by atoms with Gasteiger partial charge in [0.2, 0.25) is 0 Å². The van der Waals surface area contributed by atoms with E-state index in [9.17, 15) is 9.59 Å². The number of rotatable bonds is 2. The lowest BCUT2D eigenvalue weighted by molar-refractivity contribution is 0.240. The van der Waals surface area contributed by atoms with Gasteiger partial charge in [-0.3, -0.25) is 9.78 Å². The van der Waals surface area contributed by atoms with Crippen molar-refractivity contribution in [3.63, 3.8) is 0 Å². The van der Waals surface area contributed by atoms with Gasteiger partial charge in [-0.15, -0.1) is 0 Å². The molecule has 0 aliphatic carbocycles. The lowest BCUT2D eigenvalue weighted by Gasteiger charge is -2.06. The van der Waals surface area contributed by atoms with Crippen LogP contribution in [0.4, 0.5) is 4.79 Å². The molecular weight excluding hydrogens is 400 g/mol. The van der Waals surface area contributed by atoms with Crippen molar-refractivity contribution in [2.45, 2.75) is 13.5 Å². The highest BCUT2D eigenvalue weighted by atomic mass is 79.9. The number of halogens is 1. The molecule has 3 aromatic heterocycles. The van der Waals surface area contributed by atoms with E-state index < -0.39 is 11.6 Å². The molecule has 0 fully saturated rings. The molecule has 26 heavy (non-hydrogen) atoms. The smallest absolute Gasteiger partial charge is 0.330 e. The van der Waals surface area contributed by atoms with Crippen molar-refractivity contribution in [3.8, 4) is 0 Å². The van der Waals surface area contributed by atoms with Gasteiger partial charge in [0.25, 0.3) is 5.56 Å². The minimum absolute atomic E-state index is 0.150. The molecule has 4 rings (SSSR count). The number of benzene rings is 1. The number of hydrogen-bond acceptors (Lipinski definition) is 5. The topological polar surface area (TPSA) is 90.0 Å². The van der Waals surface area contributed by atoms with E-state index in [4.69, 9.17) is 4.42 Å². The maximum atomic E-state index is 12.4. The van der Waals surface area contributed by atoms with Gasteiger partial charge in [0.05, 0.1) is 21.9 Å². The van der Waals surface area contributed by atoms with Crippen LogP contribution in [0.3, 0.4) is 0 Å². The Bertz CT molecular complexity index is 1170. The fraction of sp³-hybridized carbons (Fsp3) is 0.111. The normalized spacial score (nSPS) is 11.2. The Labute approximate surface area is 155 Å². The Balaban J connectivity index is 1.60. The van der Waals surface area contributed by atoms with Gasteiger partial charge < -0.3 is 9.73 Å². The van der Waals surface area contributed by atoms with Crippen molar-refractivity contribution >= 4 is 43.8 Å². The Morgan fingerprint density at radius 3 is 2.96 bits per heavy atom. The van der Waals surface area contributed by atoms with Crippen LogP contribution in [-0.4, -0.2) is 20.6 Å². The fourth-order valence-corrected chi connectivity index (χ4v) is 3.15. The second kappa shape index (κ2) is 6.38. The zero-order valence-electron chi connectivity index (χ0n) is 13.7. The zero-order chi connectivity index (χ0) is 18.3. The molecule has 0 aliphatic rings. The van der Waals surface area contributed by atoms with E-state index in [2.05, 4.69) is 31.2 Å². The van der Waals surface area contributed by atoms with Crippen molar-refractivity contribution in [2.24, 2.45) is 0 Å². The number of amides is 1. The molecule has 0 aliphatic heterocycles. The molecule has 0 bridgehead atoms. The lowest BCUT2D eigenvalue weighted by Crippen LogP contribution is -2.36. The van der Waals surface area contributed by atoms with Gasteiger partial charge in [0, 0.05) is 17.8 Å². The molecule has 7 nitrogen and oxygen atoms in total. The van der Waals surface area contributed by atoms with Crippen molar-refractivity contribution in [1.82, 2.24) is 19.9 Å². The summed E-state index contributed by atoms with van der Waals surface area (Å²) in [6.07, 6.45) is 4.15. The first-order valence-corrected chi connectivity index (χ1v) is 8.61. The number of fused-ring (bicyclic) bond motifs is 2. The van der Waals surface area contributed by atoms with Crippen molar-refractivity contribution in [1.29, 1.82) is 0 Å². The molecule has 8 heteroatoms. The number of carbonyl (C=O) groups excluding carboxylic acids is 1. The second-order valence-corrected chi connectivity index (χ2v) is 6.65. The summed E-state index contributed by atoms with van der Waals surface area (Å²) in [5, 5.41) is 3.93. The van der Waals surface area contributed by atoms with Gasteiger partial charge in [-0.1, -0.05) is 6.07 Å². The van der Waals surface area contributed by atoms with Crippen LogP contribution in [-0.2, 0) is 6.54 Å². The summed E-state index contributed by atoms with van der Waals surface area (Å²) >= 11 is 3.45. The predicted molar refractivity (Wildman–Crippen MR) is 100 cm³/mol. The van der Waals surface area contributed by atoms with E-state index in [1.807, 2.05) is 25.1 Å². The first-order valence-electron chi connectivity index (χ1n) is 7.81. The second-order valence-electron chi connectivity index (χ2n) is 5.79. The average Bonchev–Trinajstić information content (AvgIpc) is 3.09. The molecule has 0 saturated heterocycles. The van der Waals surface area contributed by atoms with E-state index in [-0.39, 0.29) is 11.9 Å². The van der Waals surface area contributed by atoms with Crippen LogP contribution in [0.1, 0.15) is 11.3 Å². The summed E-state index contributed by atoms with van der Waals surface area (Å²) in [7, 11) is 0. The summed E-state index contributed by atoms with van der Waals surface area (Å²) in [6, 6.07) is 6.81. The van der Waals surface area contributed by atoms with Gasteiger partial charge >= 0.3 is 6.03 Å². The third-order valence-corrected chi connectivity index (χ3v) is 4.72. The van der Waals surface area contributed by atoms with Crippen LogP contribution < -0.4 is 10.9 Å². The van der Waals surface area contributed by atoms with Crippen LogP contribution in [0.2, 0.25) is 0 Å². The number of aryl methyl sites for hydroxylation is 1. The zero-order valence-corrected chi connectivity index (χ0v) is 15.3. The van der Waals surface area contributed by atoms with Gasteiger partial charge in [-0.05, 0) is 46.6 Å². The molecule has 3 heterocycles. The molecule has 0 unspecified atom stereocenters. The molecular formula is C18H13BrN4O3. The lowest BCUT2D eigenvalue weighted by atomic mass is 10.1. The monoisotopic (exact) mass is 412 g/mol. The predicted octanol–water partition coefficient (Wildman–Crippen LogP) is 3.37. The SMILES string of the molecule is Cc1ccc(Br)c2oc(CNC(=O)n3cnc4ccncc4c3=O)cc12. The number of hydrogen-bond donors (Lipinski definition) is 1. The van der Waals surface area contributed by atoms with Crippen molar-refractivity contribution < 1.29 is 9.21 Å². The van der Waals surface area contributed by atoms with Crippen LogP contribution in [0.25, 0.3) is 21.9 Å². The van der Waals surface area contributed by atoms with E-state index in [0.29, 0.717) is 11.3 Å². The highest BCUT2D eigenvalue weighted by Gasteiger charge is 2.13. The van der Waals surface area contributed by atoms with E-state index in [0.717, 1.165) is 25.6 Å². The van der Waals surface area contributed by atoms with E-state index in [1.54, 1.807) is 12.3 Å². The first kappa shape index (κ1) is 16.5. The number of furan rings is 1. The Kier molecular flexibility index (Phi) is 4.04. The first-order chi connectivity index (χ1) is 12.5. The number of nitrogens with zero attached hydrogens (tertiary/aromatic N) is 3. The van der Waals surface area contributed by atoms with Crippen LogP contribution >= 0.6 is 15.9 Å². The van der Waals surface area contributed by atoms with Crippen molar-refractivity contribution in [2.75, 3.05) is 0 Å². The molecule has 0 spiro atoms. The van der Waals surface area contributed by atoms with Crippen LogP contribution in [0, 0.1) is 6.92 Å². The Morgan fingerprint density at radius 2 is 2.15 bits per heavy atom. The summed E-state index contributed by atoms with van der Waals surface area (Å²) in [4.78, 5) is 32.8. The van der Waals surface area contributed by atoms with Crippen LogP contribution in [0.15, 0.2) is 56.7 Å². The maximum absolute atomic E-state index is 12.4. The number of nitrogens with one attached hydrogen (secondary N) is 1. The summed E-state index contributed by atoms with van der Waals surface area (Å²) in [5.74, 6) is 0.590. The summed E-state index contributed by atoms with van der Waals surface area (Å²) in [6.45, 7) is 2.14. The number of aromatic nitrogens is 3. The van der Waals surface area contributed by atoms with Gasteiger partial charge in [-0.2, -0.15) is 0 Å². The van der Waals surface area contributed by atoms with Gasteiger partial charge in [0.1, 0.15) is 17.7 Å². The Hall–Kier alpha value is -3.00. The third kappa shape index (κ3) is 2.78. The van der Waals surface area contributed by atoms with Crippen molar-refractivity contribution in [3.05, 3.63) is 69.1 Å². The quantitative estimate of drug-likeness (QED) is 0.544. The highest BCUT2D eigenvalue weighted by molar-refractivity contribution is 9.10. The molecule has 1 N–H and O–H groups in total. The molecule has 0 radical (unpaired) electrons. The van der Waals surface area contributed by atoms with Crippen LogP contribution in [0.5, 0.6) is 0 Å². The number of carbonyl (C=O) groups is 1. The van der Waals surface area contributed by atoms with Gasteiger partial charge in [0.15, 0.2) is 0 Å². The number of pyridine rings is 1. The standard InChI is InChI=1S/C18H13BrN4O3/c1-10-2-3-14(19)16-12(10)6-11(26-16)7-21-18(25)23-9-22-15-4-5-20-8-13(15)17(23)24/h2-6,8-9H,7H2,1H3,(H,21,25). The minimum atomic E-state index is -0.579. The molecule has 4 aromatic rings. The van der Waals surface area contributed by atoms with Gasteiger partial charge in [-0.25, -0.2) is 14.3 Å². The average molecular weight is 413 g/mol. The molecule has 1 aromatic carbocycles. The van der Waals surface area contributed by atoms with E-state index in [1.165, 1.54) is 12.5 Å². The highest BCUT2D eigenvalue weighted by Crippen LogP contribution is 2.29. The molecule has 0 saturated carbocycles. The Morgan fingerprint density at radius 1 is 1.31 bits per heavy atom. The minimum Gasteiger partial charge on any atom is -0.458 e.